The van der Waals surface area contributed by atoms with E-state index in [1.165, 1.54) is 7.11 Å². The average molecular weight is 387 g/mol. The largest absolute Gasteiger partial charge is 0.495 e. The summed E-state index contributed by atoms with van der Waals surface area (Å²) >= 11 is 6.07. The van der Waals surface area contributed by atoms with Gasteiger partial charge in [-0.15, -0.1) is 0 Å². The number of rotatable bonds is 6. The molecule has 1 N–H and O–H groups in total. The lowest BCUT2D eigenvalue weighted by atomic mass is 10.1. The van der Waals surface area contributed by atoms with Crippen LogP contribution >= 0.6 is 11.6 Å². The predicted octanol–water partition coefficient (Wildman–Crippen LogP) is 5.04. The Morgan fingerprint density at radius 3 is 2.52 bits per heavy atom. The fourth-order valence-corrected chi connectivity index (χ4v) is 2.69. The number of aromatic nitrogens is 1. The molecule has 0 atom stereocenters. The number of methoxy groups -OCH3 is 1. The molecule has 1 amide bonds. The molecule has 0 aliphatic heterocycles. The van der Waals surface area contributed by atoms with E-state index in [0.29, 0.717) is 22.2 Å². The first-order valence-electron chi connectivity index (χ1n) is 8.35. The zero-order chi connectivity index (χ0) is 19.4. The predicted molar refractivity (Wildman–Crippen MR) is 104 cm³/mol. The number of nitrogens with zero attached hydrogens (tertiary/aromatic N) is 1. The minimum atomic E-state index is -0.397. The molecule has 6 nitrogen and oxygen atoms in total. The van der Waals surface area contributed by atoms with Crippen LogP contribution in [0.15, 0.2) is 53.1 Å². The van der Waals surface area contributed by atoms with Gasteiger partial charge in [0, 0.05) is 17.3 Å². The highest BCUT2D eigenvalue weighted by atomic mass is 35.5. The SMILES string of the molecule is COc1ccc(NC(=O)c2cc(-c3ccc(OC(C)C)cc3)on2)cc1Cl. The Morgan fingerprint density at radius 2 is 1.89 bits per heavy atom. The number of ether oxygens (including phenoxy) is 2. The maximum absolute atomic E-state index is 12.4. The summed E-state index contributed by atoms with van der Waals surface area (Å²) < 4.78 is 16.0. The second-order valence-corrected chi connectivity index (χ2v) is 6.48. The Balaban J connectivity index is 1.71. The van der Waals surface area contributed by atoms with E-state index in [4.69, 9.17) is 25.6 Å². The molecule has 27 heavy (non-hydrogen) atoms. The van der Waals surface area contributed by atoms with Gasteiger partial charge in [0.05, 0.1) is 18.2 Å². The van der Waals surface area contributed by atoms with E-state index in [1.54, 1.807) is 24.3 Å². The fourth-order valence-electron chi connectivity index (χ4n) is 2.43. The van der Waals surface area contributed by atoms with Crippen LogP contribution in [0.25, 0.3) is 11.3 Å². The smallest absolute Gasteiger partial charge is 0.277 e. The molecule has 1 aromatic heterocycles. The molecular formula is C20H19ClN2O4. The van der Waals surface area contributed by atoms with Crippen molar-refractivity contribution in [3.8, 4) is 22.8 Å². The summed E-state index contributed by atoms with van der Waals surface area (Å²) in [7, 11) is 1.53. The molecule has 0 spiro atoms. The zero-order valence-electron chi connectivity index (χ0n) is 15.2. The van der Waals surface area contributed by atoms with Crippen LogP contribution in [0.3, 0.4) is 0 Å². The highest BCUT2D eigenvalue weighted by molar-refractivity contribution is 6.32. The van der Waals surface area contributed by atoms with Crippen LogP contribution in [0.4, 0.5) is 5.69 Å². The van der Waals surface area contributed by atoms with E-state index < -0.39 is 5.91 Å². The maximum Gasteiger partial charge on any atom is 0.277 e. The van der Waals surface area contributed by atoms with E-state index in [2.05, 4.69) is 10.5 Å². The average Bonchev–Trinajstić information content (AvgIpc) is 3.12. The number of carbonyl (C=O) groups is 1. The van der Waals surface area contributed by atoms with Crippen LogP contribution in [0.5, 0.6) is 11.5 Å². The minimum Gasteiger partial charge on any atom is -0.495 e. The van der Waals surface area contributed by atoms with E-state index in [0.717, 1.165) is 11.3 Å². The number of benzene rings is 2. The molecule has 1 heterocycles. The third-order valence-corrected chi connectivity index (χ3v) is 3.96. The van der Waals surface area contributed by atoms with Crippen molar-refractivity contribution >= 4 is 23.2 Å². The monoisotopic (exact) mass is 386 g/mol. The molecular weight excluding hydrogens is 368 g/mol. The number of amides is 1. The van der Waals surface area contributed by atoms with E-state index in [9.17, 15) is 4.79 Å². The number of hydrogen-bond acceptors (Lipinski definition) is 5. The molecule has 0 aliphatic rings. The summed E-state index contributed by atoms with van der Waals surface area (Å²) in [4.78, 5) is 12.4. The first kappa shape index (κ1) is 18.8. The number of hydrogen-bond donors (Lipinski definition) is 1. The lowest BCUT2D eigenvalue weighted by Crippen LogP contribution is -2.12. The molecule has 0 saturated carbocycles. The highest BCUT2D eigenvalue weighted by Gasteiger charge is 2.15. The van der Waals surface area contributed by atoms with Crippen LogP contribution < -0.4 is 14.8 Å². The van der Waals surface area contributed by atoms with Crippen molar-refractivity contribution in [3.63, 3.8) is 0 Å². The van der Waals surface area contributed by atoms with Gasteiger partial charge in [0.1, 0.15) is 11.5 Å². The van der Waals surface area contributed by atoms with Crippen LogP contribution in [0.1, 0.15) is 24.3 Å². The first-order chi connectivity index (χ1) is 13.0. The molecule has 140 valence electrons. The van der Waals surface area contributed by atoms with Gasteiger partial charge < -0.3 is 19.3 Å². The second kappa shape index (κ2) is 8.14. The van der Waals surface area contributed by atoms with Crippen molar-refractivity contribution in [2.45, 2.75) is 20.0 Å². The Morgan fingerprint density at radius 1 is 1.15 bits per heavy atom. The van der Waals surface area contributed by atoms with Crippen LogP contribution in [0, 0.1) is 0 Å². The standard InChI is InChI=1S/C20H19ClN2O4/c1-12(2)26-15-7-4-13(5-8-15)19-11-17(23-27-19)20(24)22-14-6-9-18(25-3)16(21)10-14/h4-12H,1-3H3,(H,22,24). The van der Waals surface area contributed by atoms with Gasteiger partial charge in [0.25, 0.3) is 5.91 Å². The lowest BCUT2D eigenvalue weighted by molar-refractivity contribution is 0.101. The summed E-state index contributed by atoms with van der Waals surface area (Å²) in [5.74, 6) is 1.39. The van der Waals surface area contributed by atoms with Crippen molar-refractivity contribution < 1.29 is 18.8 Å². The highest BCUT2D eigenvalue weighted by Crippen LogP contribution is 2.28. The molecule has 0 saturated heterocycles. The van der Waals surface area contributed by atoms with Gasteiger partial charge in [-0.3, -0.25) is 4.79 Å². The minimum absolute atomic E-state index is 0.0999. The van der Waals surface area contributed by atoms with Gasteiger partial charge in [0.2, 0.25) is 0 Å². The normalized spacial score (nSPS) is 10.7. The molecule has 3 rings (SSSR count). The third kappa shape index (κ3) is 4.60. The van der Waals surface area contributed by atoms with Gasteiger partial charge in [0.15, 0.2) is 11.5 Å². The first-order valence-corrected chi connectivity index (χ1v) is 8.73. The molecule has 0 unspecified atom stereocenters. The Bertz CT molecular complexity index is 935. The topological polar surface area (TPSA) is 73.6 Å². The van der Waals surface area contributed by atoms with Gasteiger partial charge in [-0.1, -0.05) is 16.8 Å². The summed E-state index contributed by atoms with van der Waals surface area (Å²) in [6.07, 6.45) is 0.0999. The Labute approximate surface area is 162 Å². The van der Waals surface area contributed by atoms with E-state index in [1.807, 2.05) is 38.1 Å². The molecule has 2 aromatic carbocycles. The van der Waals surface area contributed by atoms with Crippen LogP contribution in [-0.2, 0) is 0 Å². The van der Waals surface area contributed by atoms with Gasteiger partial charge >= 0.3 is 0 Å². The Hall–Kier alpha value is -2.99. The van der Waals surface area contributed by atoms with Gasteiger partial charge in [-0.05, 0) is 56.3 Å². The molecule has 0 aliphatic carbocycles. The van der Waals surface area contributed by atoms with Crippen molar-refractivity contribution in [2.24, 2.45) is 0 Å². The van der Waals surface area contributed by atoms with Gasteiger partial charge in [-0.25, -0.2) is 0 Å². The second-order valence-electron chi connectivity index (χ2n) is 6.07. The maximum atomic E-state index is 12.4. The van der Waals surface area contributed by atoms with E-state index >= 15 is 0 Å². The van der Waals surface area contributed by atoms with Crippen molar-refractivity contribution in [2.75, 3.05) is 12.4 Å². The van der Waals surface area contributed by atoms with Gasteiger partial charge in [-0.2, -0.15) is 0 Å². The molecule has 0 bridgehead atoms. The summed E-state index contributed by atoms with van der Waals surface area (Å²) in [6.45, 7) is 3.93. The number of anilines is 1. The van der Waals surface area contributed by atoms with Crippen LogP contribution in [0.2, 0.25) is 5.02 Å². The number of nitrogens with one attached hydrogen (secondary N) is 1. The van der Waals surface area contributed by atoms with Crippen molar-refractivity contribution in [1.29, 1.82) is 0 Å². The van der Waals surface area contributed by atoms with E-state index in [-0.39, 0.29) is 11.8 Å². The zero-order valence-corrected chi connectivity index (χ0v) is 15.9. The van der Waals surface area contributed by atoms with Crippen LogP contribution in [-0.4, -0.2) is 24.3 Å². The summed E-state index contributed by atoms with van der Waals surface area (Å²) in [5, 5.41) is 6.97. The summed E-state index contributed by atoms with van der Waals surface area (Å²) in [5.41, 5.74) is 1.50. The van der Waals surface area contributed by atoms with Crippen molar-refractivity contribution in [3.05, 3.63) is 59.2 Å². The number of halogens is 1. The molecule has 3 aromatic rings. The molecule has 0 fully saturated rings. The molecule has 7 heteroatoms. The van der Waals surface area contributed by atoms with Crippen molar-refractivity contribution in [1.82, 2.24) is 5.16 Å². The quantitative estimate of drug-likeness (QED) is 0.642. The Kier molecular flexibility index (Phi) is 5.66. The third-order valence-electron chi connectivity index (χ3n) is 3.66. The summed E-state index contributed by atoms with van der Waals surface area (Å²) in [6, 6.07) is 13.9. The number of carbonyl (C=O) groups excluding carboxylic acids is 1. The lowest BCUT2D eigenvalue weighted by Gasteiger charge is -2.09. The fraction of sp³-hybridized carbons (Fsp3) is 0.200. The molecule has 0 radical (unpaired) electrons.